The van der Waals surface area contributed by atoms with Gasteiger partial charge in [-0.1, -0.05) is 6.07 Å². The van der Waals surface area contributed by atoms with Gasteiger partial charge in [0.05, 0.1) is 5.52 Å². The van der Waals surface area contributed by atoms with E-state index in [0.29, 0.717) is 0 Å². The fourth-order valence-corrected chi connectivity index (χ4v) is 2.12. The van der Waals surface area contributed by atoms with Crippen LogP contribution in [-0.4, -0.2) is 22.0 Å². The van der Waals surface area contributed by atoms with Gasteiger partial charge in [-0.05, 0) is 31.2 Å². The van der Waals surface area contributed by atoms with Crippen molar-refractivity contribution >= 4 is 28.2 Å². The van der Waals surface area contributed by atoms with Crippen LogP contribution in [0.3, 0.4) is 0 Å². The second-order valence-corrected chi connectivity index (χ2v) is 4.48. The Kier molecular flexibility index (Phi) is 3.16. The molecule has 2 heterocycles. The summed E-state index contributed by atoms with van der Waals surface area (Å²) >= 11 is 0. The van der Waals surface area contributed by atoms with Gasteiger partial charge in [0.2, 0.25) is 0 Å². The lowest BCUT2D eigenvalue weighted by Crippen LogP contribution is -2.02. The largest absolute Gasteiger partial charge is 0.373 e. The number of hydrogen-bond donors (Lipinski definition) is 2. The number of aromatic nitrogens is 3. The Morgan fingerprint density at radius 3 is 2.70 bits per heavy atom. The minimum absolute atomic E-state index is 0.799. The lowest BCUT2D eigenvalue weighted by molar-refractivity contribution is 1.12. The first-order valence-corrected chi connectivity index (χ1v) is 6.39. The Morgan fingerprint density at radius 2 is 1.85 bits per heavy atom. The van der Waals surface area contributed by atoms with E-state index in [9.17, 15) is 0 Å². The molecule has 2 aromatic heterocycles. The fraction of sp³-hybridized carbons (Fsp3) is 0.133. The van der Waals surface area contributed by atoms with Crippen LogP contribution in [0.25, 0.3) is 10.9 Å². The van der Waals surface area contributed by atoms with Gasteiger partial charge >= 0.3 is 0 Å². The van der Waals surface area contributed by atoms with Crippen LogP contribution in [0.4, 0.5) is 17.3 Å². The molecule has 0 aliphatic heterocycles. The zero-order valence-corrected chi connectivity index (χ0v) is 11.4. The smallest absolute Gasteiger partial charge is 0.138 e. The molecule has 0 spiro atoms. The zero-order chi connectivity index (χ0) is 13.9. The second kappa shape index (κ2) is 5.13. The van der Waals surface area contributed by atoms with Crippen molar-refractivity contribution in [3.63, 3.8) is 0 Å². The van der Waals surface area contributed by atoms with E-state index in [1.54, 1.807) is 12.5 Å². The molecule has 0 atom stereocenters. The molecular weight excluding hydrogens is 250 g/mol. The van der Waals surface area contributed by atoms with E-state index in [2.05, 4.69) is 31.7 Å². The summed E-state index contributed by atoms with van der Waals surface area (Å²) in [5.41, 5.74) is 2.95. The van der Waals surface area contributed by atoms with Gasteiger partial charge in [-0.2, -0.15) is 0 Å². The Balaban J connectivity index is 1.97. The molecule has 1 aromatic carbocycles. The molecule has 3 rings (SSSR count). The van der Waals surface area contributed by atoms with Gasteiger partial charge in [0.1, 0.15) is 18.0 Å². The van der Waals surface area contributed by atoms with Gasteiger partial charge in [0.15, 0.2) is 0 Å². The molecule has 0 aliphatic carbocycles. The third-order valence-corrected chi connectivity index (χ3v) is 3.19. The van der Waals surface area contributed by atoms with Crippen molar-refractivity contribution in [3.8, 4) is 0 Å². The first-order valence-electron chi connectivity index (χ1n) is 6.39. The normalized spacial score (nSPS) is 10.5. The summed E-state index contributed by atoms with van der Waals surface area (Å²) in [5, 5.41) is 7.47. The average molecular weight is 265 g/mol. The average Bonchev–Trinajstić information content (AvgIpc) is 2.49. The molecule has 2 N–H and O–H groups in total. The third-order valence-electron chi connectivity index (χ3n) is 3.19. The monoisotopic (exact) mass is 265 g/mol. The quantitative estimate of drug-likeness (QED) is 0.761. The highest BCUT2D eigenvalue weighted by molar-refractivity contribution is 5.83. The van der Waals surface area contributed by atoms with E-state index in [4.69, 9.17) is 0 Å². The highest BCUT2D eigenvalue weighted by Crippen LogP contribution is 2.24. The maximum atomic E-state index is 4.31. The molecular formula is C15H15N5. The van der Waals surface area contributed by atoms with Crippen LogP contribution in [-0.2, 0) is 0 Å². The molecule has 5 nitrogen and oxygen atoms in total. The summed E-state index contributed by atoms with van der Waals surface area (Å²) in [5.74, 6) is 1.62. The van der Waals surface area contributed by atoms with E-state index in [-0.39, 0.29) is 0 Å². The van der Waals surface area contributed by atoms with Gasteiger partial charge in [-0.3, -0.25) is 4.98 Å². The first kappa shape index (κ1) is 12.3. The molecule has 0 saturated carbocycles. The molecule has 0 fully saturated rings. The molecule has 0 aliphatic rings. The fourth-order valence-electron chi connectivity index (χ4n) is 2.12. The van der Waals surface area contributed by atoms with E-state index in [0.717, 1.165) is 33.8 Å². The van der Waals surface area contributed by atoms with Crippen LogP contribution in [0.2, 0.25) is 0 Å². The summed E-state index contributed by atoms with van der Waals surface area (Å²) in [7, 11) is 1.85. The van der Waals surface area contributed by atoms with Crippen LogP contribution in [0.15, 0.2) is 42.9 Å². The summed E-state index contributed by atoms with van der Waals surface area (Å²) in [6.45, 7) is 1.98. The minimum atomic E-state index is 0.799. The SMILES string of the molecule is CNc1ncnc(Nc2ccc3ncccc3c2)c1C. The number of nitrogens with one attached hydrogen (secondary N) is 2. The lowest BCUT2D eigenvalue weighted by Gasteiger charge is -2.11. The molecule has 0 bridgehead atoms. The number of anilines is 3. The molecule has 0 radical (unpaired) electrons. The standard InChI is InChI=1S/C15H15N5/c1-10-14(16-2)18-9-19-15(10)20-12-5-6-13-11(8-12)4-3-7-17-13/h3-9H,1-2H3,(H2,16,18,19,20). The van der Waals surface area contributed by atoms with Gasteiger partial charge in [0.25, 0.3) is 0 Å². The summed E-state index contributed by atoms with van der Waals surface area (Å²) in [4.78, 5) is 12.8. The van der Waals surface area contributed by atoms with Gasteiger partial charge < -0.3 is 10.6 Å². The van der Waals surface area contributed by atoms with Crippen molar-refractivity contribution in [3.05, 3.63) is 48.4 Å². The van der Waals surface area contributed by atoms with Crippen LogP contribution in [0, 0.1) is 6.92 Å². The predicted molar refractivity (Wildman–Crippen MR) is 81.3 cm³/mol. The summed E-state index contributed by atoms with van der Waals surface area (Å²) in [6, 6.07) is 10.0. The molecule has 0 unspecified atom stereocenters. The summed E-state index contributed by atoms with van der Waals surface area (Å²) < 4.78 is 0. The number of fused-ring (bicyclic) bond motifs is 1. The third kappa shape index (κ3) is 2.25. The summed E-state index contributed by atoms with van der Waals surface area (Å²) in [6.07, 6.45) is 3.34. The first-order chi connectivity index (χ1) is 9.78. The molecule has 0 amide bonds. The molecule has 5 heteroatoms. The predicted octanol–water partition coefficient (Wildman–Crippen LogP) is 3.12. The number of hydrogen-bond acceptors (Lipinski definition) is 5. The maximum absolute atomic E-state index is 4.31. The Morgan fingerprint density at radius 1 is 1.00 bits per heavy atom. The maximum Gasteiger partial charge on any atom is 0.138 e. The van der Waals surface area contributed by atoms with Crippen molar-refractivity contribution in [2.45, 2.75) is 6.92 Å². The molecule has 0 saturated heterocycles. The van der Waals surface area contributed by atoms with Gasteiger partial charge in [-0.25, -0.2) is 9.97 Å². The van der Waals surface area contributed by atoms with E-state index in [1.165, 1.54) is 0 Å². The van der Waals surface area contributed by atoms with Crippen molar-refractivity contribution in [1.82, 2.24) is 15.0 Å². The number of pyridine rings is 1. The van der Waals surface area contributed by atoms with E-state index in [1.807, 2.05) is 38.2 Å². The Hall–Kier alpha value is -2.69. The molecule has 100 valence electrons. The number of nitrogens with zero attached hydrogens (tertiary/aromatic N) is 3. The van der Waals surface area contributed by atoms with E-state index >= 15 is 0 Å². The van der Waals surface area contributed by atoms with E-state index < -0.39 is 0 Å². The van der Waals surface area contributed by atoms with Gasteiger partial charge in [0, 0.05) is 29.9 Å². The molecule has 3 aromatic rings. The van der Waals surface area contributed by atoms with Crippen LogP contribution in [0.5, 0.6) is 0 Å². The minimum Gasteiger partial charge on any atom is -0.373 e. The number of benzene rings is 1. The van der Waals surface area contributed by atoms with Crippen molar-refractivity contribution in [2.75, 3.05) is 17.7 Å². The molecule has 20 heavy (non-hydrogen) atoms. The second-order valence-electron chi connectivity index (χ2n) is 4.48. The van der Waals surface area contributed by atoms with Crippen molar-refractivity contribution in [1.29, 1.82) is 0 Å². The highest BCUT2D eigenvalue weighted by Gasteiger charge is 2.06. The lowest BCUT2D eigenvalue weighted by atomic mass is 10.2. The van der Waals surface area contributed by atoms with Crippen LogP contribution >= 0.6 is 0 Å². The van der Waals surface area contributed by atoms with Crippen molar-refractivity contribution < 1.29 is 0 Å². The zero-order valence-electron chi connectivity index (χ0n) is 11.4. The topological polar surface area (TPSA) is 62.7 Å². The van der Waals surface area contributed by atoms with Crippen molar-refractivity contribution in [2.24, 2.45) is 0 Å². The van der Waals surface area contributed by atoms with Gasteiger partial charge in [-0.15, -0.1) is 0 Å². The number of rotatable bonds is 3. The van der Waals surface area contributed by atoms with Crippen LogP contribution in [0.1, 0.15) is 5.56 Å². The van der Waals surface area contributed by atoms with Crippen LogP contribution < -0.4 is 10.6 Å². The Bertz CT molecular complexity index is 754. The Labute approximate surface area is 117 Å². The highest BCUT2D eigenvalue weighted by atomic mass is 15.1.